The summed E-state index contributed by atoms with van der Waals surface area (Å²) in [4.78, 5) is 0. The molecule has 0 amide bonds. The minimum absolute atomic E-state index is 0.231. The summed E-state index contributed by atoms with van der Waals surface area (Å²) in [5.74, 6) is 0.231. The third kappa shape index (κ3) is 2.63. The second-order valence-electron chi connectivity index (χ2n) is 3.63. The van der Waals surface area contributed by atoms with Crippen molar-refractivity contribution in [2.75, 3.05) is 0 Å². The van der Waals surface area contributed by atoms with Gasteiger partial charge in [0.15, 0.2) is 0 Å². The highest BCUT2D eigenvalue weighted by atomic mass is 35.7. The average molecular weight is 211 g/mol. The van der Waals surface area contributed by atoms with Crippen LogP contribution in [0.4, 0.5) is 0 Å². The van der Waals surface area contributed by atoms with Gasteiger partial charge in [0.25, 0.3) is 0 Å². The van der Waals surface area contributed by atoms with Crippen molar-refractivity contribution in [2.45, 2.75) is 44.3 Å². The zero-order chi connectivity index (χ0) is 9.19. The van der Waals surface area contributed by atoms with Gasteiger partial charge in [0.1, 0.15) is 0 Å². The largest absolute Gasteiger partial charge is 0.235 e. The molecule has 0 spiro atoms. The summed E-state index contributed by atoms with van der Waals surface area (Å²) >= 11 is 0. The fourth-order valence-electron chi connectivity index (χ4n) is 1.88. The van der Waals surface area contributed by atoms with Gasteiger partial charge in [0, 0.05) is 10.7 Å². The van der Waals surface area contributed by atoms with Crippen LogP contribution in [0.15, 0.2) is 0 Å². The highest BCUT2D eigenvalue weighted by Crippen LogP contribution is 2.29. The quantitative estimate of drug-likeness (QED) is 0.493. The van der Waals surface area contributed by atoms with Crippen molar-refractivity contribution in [3.8, 4) is 0 Å². The van der Waals surface area contributed by atoms with E-state index in [0.717, 1.165) is 32.1 Å². The Morgan fingerprint density at radius 3 is 2.33 bits per heavy atom. The number of halogens is 1. The van der Waals surface area contributed by atoms with Gasteiger partial charge in [-0.1, -0.05) is 26.2 Å². The van der Waals surface area contributed by atoms with Crippen LogP contribution >= 0.6 is 10.7 Å². The first-order valence-corrected chi connectivity index (χ1v) is 6.82. The van der Waals surface area contributed by atoms with Gasteiger partial charge in [0.05, 0.1) is 5.25 Å². The Bertz CT molecular complexity index is 235. The van der Waals surface area contributed by atoms with Gasteiger partial charge in [-0.3, -0.25) is 0 Å². The van der Waals surface area contributed by atoms with Gasteiger partial charge in [-0.15, -0.1) is 0 Å². The Balaban J connectivity index is 2.72. The summed E-state index contributed by atoms with van der Waals surface area (Å²) < 4.78 is 22.2. The van der Waals surface area contributed by atoms with E-state index in [1.807, 2.05) is 6.92 Å². The molecule has 0 aliphatic heterocycles. The average Bonchev–Trinajstić information content (AvgIpc) is 2.11. The molecule has 2 nitrogen and oxygen atoms in total. The predicted molar refractivity (Wildman–Crippen MR) is 50.8 cm³/mol. The molecule has 0 aromatic heterocycles. The van der Waals surface area contributed by atoms with Crippen molar-refractivity contribution in [3.63, 3.8) is 0 Å². The molecule has 1 aliphatic carbocycles. The summed E-state index contributed by atoms with van der Waals surface area (Å²) in [7, 11) is 2.03. The van der Waals surface area contributed by atoms with Crippen LogP contribution in [0.2, 0.25) is 0 Å². The maximum atomic E-state index is 11.1. The van der Waals surface area contributed by atoms with Crippen LogP contribution < -0.4 is 0 Å². The van der Waals surface area contributed by atoms with Crippen LogP contribution in [-0.4, -0.2) is 13.7 Å². The van der Waals surface area contributed by atoms with Gasteiger partial charge in [-0.2, -0.15) is 0 Å². The fourth-order valence-corrected chi connectivity index (χ4v) is 3.81. The molecule has 1 rings (SSSR count). The number of rotatable bonds is 1. The van der Waals surface area contributed by atoms with Gasteiger partial charge in [0.2, 0.25) is 9.05 Å². The molecule has 72 valence electrons. The minimum atomic E-state index is -3.33. The normalized spacial score (nSPS) is 32.8. The topological polar surface area (TPSA) is 34.1 Å². The van der Waals surface area contributed by atoms with E-state index in [9.17, 15) is 8.42 Å². The lowest BCUT2D eigenvalue weighted by Crippen LogP contribution is -2.23. The Morgan fingerprint density at radius 2 is 1.75 bits per heavy atom. The first-order chi connectivity index (χ1) is 5.52. The van der Waals surface area contributed by atoms with Crippen LogP contribution in [0.1, 0.15) is 39.0 Å². The first kappa shape index (κ1) is 10.3. The molecule has 2 atom stereocenters. The SMILES string of the molecule is CC1CCCCCC1S(=O)(=O)Cl. The molecule has 0 bridgehead atoms. The molecule has 4 heteroatoms. The van der Waals surface area contributed by atoms with E-state index in [1.54, 1.807) is 0 Å². The van der Waals surface area contributed by atoms with Gasteiger partial charge >= 0.3 is 0 Å². The molecule has 0 aromatic carbocycles. The zero-order valence-electron chi connectivity index (χ0n) is 7.29. The van der Waals surface area contributed by atoms with Crippen molar-refractivity contribution >= 4 is 19.7 Å². The number of hydrogen-bond acceptors (Lipinski definition) is 2. The lowest BCUT2D eigenvalue weighted by atomic mass is 10.0. The van der Waals surface area contributed by atoms with Crippen LogP contribution in [-0.2, 0) is 9.05 Å². The summed E-state index contributed by atoms with van der Waals surface area (Å²) in [6, 6.07) is 0. The van der Waals surface area contributed by atoms with E-state index in [1.165, 1.54) is 0 Å². The molecule has 0 saturated heterocycles. The second-order valence-corrected chi connectivity index (χ2v) is 6.48. The third-order valence-corrected chi connectivity index (χ3v) is 4.75. The Morgan fingerprint density at radius 1 is 1.17 bits per heavy atom. The van der Waals surface area contributed by atoms with Crippen molar-refractivity contribution < 1.29 is 8.42 Å². The third-order valence-electron chi connectivity index (χ3n) is 2.64. The van der Waals surface area contributed by atoms with Gasteiger partial charge < -0.3 is 0 Å². The predicted octanol–water partition coefficient (Wildman–Crippen LogP) is 2.52. The molecule has 0 radical (unpaired) electrons. The first-order valence-electron chi connectivity index (χ1n) is 4.45. The molecule has 2 unspecified atom stereocenters. The molecule has 1 fully saturated rings. The summed E-state index contributed by atoms with van der Waals surface area (Å²) in [6.07, 6.45) is 5.03. The molecule has 1 aliphatic rings. The Labute approximate surface area is 78.7 Å². The van der Waals surface area contributed by atoms with Crippen LogP contribution in [0, 0.1) is 5.92 Å². The van der Waals surface area contributed by atoms with E-state index in [-0.39, 0.29) is 11.2 Å². The van der Waals surface area contributed by atoms with E-state index in [2.05, 4.69) is 0 Å². The summed E-state index contributed by atoms with van der Waals surface area (Å²) in [5, 5.41) is -0.304. The van der Waals surface area contributed by atoms with E-state index < -0.39 is 9.05 Å². The molecule has 1 saturated carbocycles. The summed E-state index contributed by atoms with van der Waals surface area (Å²) in [5.41, 5.74) is 0. The van der Waals surface area contributed by atoms with Crippen LogP contribution in [0.3, 0.4) is 0 Å². The molecule has 12 heavy (non-hydrogen) atoms. The maximum Gasteiger partial charge on any atom is 0.235 e. The molecular weight excluding hydrogens is 196 g/mol. The van der Waals surface area contributed by atoms with E-state index in [0.29, 0.717) is 0 Å². The standard InChI is InChI=1S/C8H15ClO2S/c1-7-5-3-2-4-6-8(7)12(9,10)11/h7-8H,2-6H2,1H3. The van der Waals surface area contributed by atoms with Crippen LogP contribution in [0.5, 0.6) is 0 Å². The fraction of sp³-hybridized carbons (Fsp3) is 1.00. The van der Waals surface area contributed by atoms with Crippen molar-refractivity contribution in [1.82, 2.24) is 0 Å². The van der Waals surface area contributed by atoms with Crippen molar-refractivity contribution in [1.29, 1.82) is 0 Å². The molecule has 0 aromatic rings. The Hall–Kier alpha value is 0.240. The lowest BCUT2D eigenvalue weighted by Gasteiger charge is -2.17. The summed E-state index contributed by atoms with van der Waals surface area (Å²) in [6.45, 7) is 1.98. The highest BCUT2D eigenvalue weighted by Gasteiger charge is 2.29. The van der Waals surface area contributed by atoms with Gasteiger partial charge in [-0.05, 0) is 18.8 Å². The number of hydrogen-bond donors (Lipinski definition) is 0. The smallest absolute Gasteiger partial charge is 0.212 e. The highest BCUT2D eigenvalue weighted by molar-refractivity contribution is 8.14. The zero-order valence-corrected chi connectivity index (χ0v) is 8.87. The van der Waals surface area contributed by atoms with Crippen LogP contribution in [0.25, 0.3) is 0 Å². The molecule has 0 heterocycles. The Kier molecular flexibility index (Phi) is 3.41. The minimum Gasteiger partial charge on any atom is -0.212 e. The molecule has 0 N–H and O–H groups in total. The maximum absolute atomic E-state index is 11.1. The van der Waals surface area contributed by atoms with E-state index >= 15 is 0 Å². The van der Waals surface area contributed by atoms with Gasteiger partial charge in [-0.25, -0.2) is 8.42 Å². The van der Waals surface area contributed by atoms with E-state index in [4.69, 9.17) is 10.7 Å². The van der Waals surface area contributed by atoms with Crippen molar-refractivity contribution in [3.05, 3.63) is 0 Å². The lowest BCUT2D eigenvalue weighted by molar-refractivity contribution is 0.489. The molecular formula is C8H15ClO2S. The second kappa shape index (κ2) is 3.97. The van der Waals surface area contributed by atoms with Crippen molar-refractivity contribution in [2.24, 2.45) is 5.92 Å². The monoisotopic (exact) mass is 210 g/mol.